The molecule has 1 rings (SSSR count). The fraction of sp³-hybridized carbons (Fsp3) is 0. The van der Waals surface area contributed by atoms with Crippen molar-refractivity contribution in [3.63, 3.8) is 0 Å². The summed E-state index contributed by atoms with van der Waals surface area (Å²) >= 11 is 4.60. The van der Waals surface area contributed by atoms with Crippen LogP contribution in [0.15, 0.2) is 24.5 Å². The summed E-state index contributed by atoms with van der Waals surface area (Å²) in [4.78, 5) is 0. The second-order valence-corrected chi connectivity index (χ2v) is 1.85. The van der Waals surface area contributed by atoms with E-state index in [1.807, 2.05) is 0 Å². The largest absolute Gasteiger partial charge is 0.619 e. The summed E-state index contributed by atoms with van der Waals surface area (Å²) in [5, 5.41) is 12.0. The summed E-state index contributed by atoms with van der Waals surface area (Å²) in [6.45, 7) is 0. The van der Waals surface area contributed by atoms with Gasteiger partial charge >= 0.3 is 0 Å². The predicted molar refractivity (Wildman–Crippen MR) is 38.2 cm³/mol. The first-order chi connectivity index (χ1) is 4.33. The van der Waals surface area contributed by atoms with Gasteiger partial charge in [0, 0.05) is 11.4 Å². The molecule has 1 aromatic heterocycles. The number of pyridine rings is 1. The Hall–Kier alpha value is -0.960. The van der Waals surface area contributed by atoms with E-state index in [0.29, 0.717) is 0 Å². The summed E-state index contributed by atoms with van der Waals surface area (Å²) in [6.07, 6.45) is 2.84. The monoisotopic (exact) mass is 139 g/mol. The standard InChI is InChI=1S/C6H5NOS/c8-7-3-1-2-6(4-7)5-9/h1-5H. The minimum absolute atomic E-state index is 0.720. The maximum atomic E-state index is 10.5. The maximum Gasteiger partial charge on any atom is 0.188 e. The quantitative estimate of drug-likeness (QED) is 0.325. The van der Waals surface area contributed by atoms with Gasteiger partial charge in [0.05, 0.1) is 5.56 Å². The molecule has 0 aliphatic rings. The zero-order valence-electron chi connectivity index (χ0n) is 4.65. The minimum Gasteiger partial charge on any atom is -0.619 e. The summed E-state index contributed by atoms with van der Waals surface area (Å²) in [5.74, 6) is 0. The smallest absolute Gasteiger partial charge is 0.188 e. The van der Waals surface area contributed by atoms with E-state index in [2.05, 4.69) is 12.2 Å². The summed E-state index contributed by atoms with van der Waals surface area (Å²) in [7, 11) is 0. The number of hydrogen-bond donors (Lipinski definition) is 0. The zero-order chi connectivity index (χ0) is 6.69. The van der Waals surface area contributed by atoms with Crippen LogP contribution in [0.3, 0.4) is 0 Å². The molecule has 3 heteroatoms. The fourth-order valence-corrected chi connectivity index (χ4v) is 0.681. The van der Waals surface area contributed by atoms with Gasteiger partial charge < -0.3 is 5.21 Å². The second-order valence-electron chi connectivity index (χ2n) is 1.62. The van der Waals surface area contributed by atoms with Crippen molar-refractivity contribution in [3.05, 3.63) is 35.3 Å². The van der Waals surface area contributed by atoms with Crippen molar-refractivity contribution in [2.24, 2.45) is 0 Å². The molecule has 2 nitrogen and oxygen atoms in total. The van der Waals surface area contributed by atoms with E-state index in [1.54, 1.807) is 12.1 Å². The molecule has 0 amide bonds. The van der Waals surface area contributed by atoms with Crippen LogP contribution < -0.4 is 4.73 Å². The molecule has 46 valence electrons. The number of rotatable bonds is 1. The first-order valence-electron chi connectivity index (χ1n) is 2.47. The van der Waals surface area contributed by atoms with Gasteiger partial charge in [-0.1, -0.05) is 12.2 Å². The van der Waals surface area contributed by atoms with Crippen molar-refractivity contribution in [1.29, 1.82) is 0 Å². The van der Waals surface area contributed by atoms with Crippen LogP contribution in [-0.2, 0) is 0 Å². The van der Waals surface area contributed by atoms with E-state index in [4.69, 9.17) is 0 Å². The van der Waals surface area contributed by atoms with Gasteiger partial charge in [0.25, 0.3) is 0 Å². The third kappa shape index (κ3) is 1.47. The Morgan fingerprint density at radius 2 is 2.44 bits per heavy atom. The van der Waals surface area contributed by atoms with Gasteiger partial charge in [-0.05, 0) is 6.07 Å². The van der Waals surface area contributed by atoms with Crippen LogP contribution in [0.1, 0.15) is 5.56 Å². The molecule has 0 spiro atoms. The van der Waals surface area contributed by atoms with Crippen molar-refractivity contribution in [2.45, 2.75) is 0 Å². The number of nitrogens with zero attached hydrogens (tertiary/aromatic N) is 1. The van der Waals surface area contributed by atoms with Gasteiger partial charge in [0.2, 0.25) is 0 Å². The highest BCUT2D eigenvalue weighted by atomic mass is 32.1. The fourth-order valence-electron chi connectivity index (χ4n) is 0.542. The third-order valence-electron chi connectivity index (χ3n) is 0.934. The molecular formula is C6H5NOS. The summed E-state index contributed by atoms with van der Waals surface area (Å²) < 4.78 is 0.720. The Morgan fingerprint density at radius 1 is 1.67 bits per heavy atom. The normalized spacial score (nSPS) is 8.89. The summed E-state index contributed by atoms with van der Waals surface area (Å²) in [5.41, 5.74) is 0.766. The Kier molecular flexibility index (Phi) is 1.75. The van der Waals surface area contributed by atoms with Gasteiger partial charge in [-0.25, -0.2) is 0 Å². The highest BCUT2D eigenvalue weighted by molar-refractivity contribution is 7.79. The van der Waals surface area contributed by atoms with Crippen molar-refractivity contribution in [3.8, 4) is 0 Å². The van der Waals surface area contributed by atoms with Gasteiger partial charge in [0.1, 0.15) is 0 Å². The van der Waals surface area contributed by atoms with Crippen LogP contribution in [0.25, 0.3) is 0 Å². The topological polar surface area (TPSA) is 26.9 Å². The molecule has 0 radical (unpaired) electrons. The molecule has 0 N–H and O–H groups in total. The lowest BCUT2D eigenvalue weighted by Gasteiger charge is -1.92. The average Bonchev–Trinajstić information content (AvgIpc) is 1.88. The number of aromatic nitrogens is 1. The Morgan fingerprint density at radius 3 is 2.89 bits per heavy atom. The SMILES string of the molecule is [O-][n+]1cccc(C=S)c1. The van der Waals surface area contributed by atoms with E-state index < -0.39 is 0 Å². The van der Waals surface area contributed by atoms with Crippen molar-refractivity contribution < 1.29 is 4.73 Å². The molecule has 0 bridgehead atoms. The van der Waals surface area contributed by atoms with Crippen LogP contribution >= 0.6 is 12.2 Å². The van der Waals surface area contributed by atoms with Crippen LogP contribution in [0.4, 0.5) is 0 Å². The van der Waals surface area contributed by atoms with E-state index in [1.165, 1.54) is 17.8 Å². The molecule has 0 aromatic carbocycles. The molecule has 9 heavy (non-hydrogen) atoms. The second kappa shape index (κ2) is 2.55. The molecule has 0 saturated carbocycles. The summed E-state index contributed by atoms with van der Waals surface area (Å²) in [6, 6.07) is 3.44. The van der Waals surface area contributed by atoms with Crippen molar-refractivity contribution >= 4 is 17.6 Å². The Balaban J connectivity index is 3.07. The average molecular weight is 139 g/mol. The molecular weight excluding hydrogens is 134 g/mol. The van der Waals surface area contributed by atoms with Crippen LogP contribution in [0, 0.1) is 5.21 Å². The van der Waals surface area contributed by atoms with Gasteiger partial charge in [0.15, 0.2) is 12.4 Å². The molecule has 0 aliphatic heterocycles. The molecule has 1 heterocycles. The molecule has 0 saturated heterocycles. The van der Waals surface area contributed by atoms with E-state index in [-0.39, 0.29) is 0 Å². The highest BCUT2D eigenvalue weighted by Gasteiger charge is 1.88. The lowest BCUT2D eigenvalue weighted by molar-refractivity contribution is -0.605. The molecule has 0 fully saturated rings. The minimum atomic E-state index is 0.720. The van der Waals surface area contributed by atoms with Crippen LogP contribution in [0.2, 0.25) is 0 Å². The van der Waals surface area contributed by atoms with E-state index in [0.717, 1.165) is 10.3 Å². The van der Waals surface area contributed by atoms with Crippen LogP contribution in [-0.4, -0.2) is 5.37 Å². The maximum absolute atomic E-state index is 10.5. The number of hydrogen-bond acceptors (Lipinski definition) is 2. The number of thiocarbonyl (C=S) groups is 1. The lowest BCUT2D eigenvalue weighted by Crippen LogP contribution is -2.24. The van der Waals surface area contributed by atoms with Gasteiger partial charge in [-0.3, -0.25) is 0 Å². The van der Waals surface area contributed by atoms with Crippen LogP contribution in [0.5, 0.6) is 0 Å². The molecule has 0 unspecified atom stereocenters. The molecule has 1 aromatic rings. The lowest BCUT2D eigenvalue weighted by atomic mass is 10.3. The molecule has 0 aliphatic carbocycles. The first-order valence-corrected chi connectivity index (χ1v) is 2.94. The Bertz CT molecular complexity index is 224. The Labute approximate surface area is 58.3 Å². The van der Waals surface area contributed by atoms with Crippen molar-refractivity contribution in [1.82, 2.24) is 0 Å². The zero-order valence-corrected chi connectivity index (χ0v) is 5.47. The molecule has 0 atom stereocenters. The first kappa shape index (κ1) is 6.16. The highest BCUT2D eigenvalue weighted by Crippen LogP contribution is 1.87. The predicted octanol–water partition coefficient (Wildman–Crippen LogP) is 0.668. The van der Waals surface area contributed by atoms with E-state index >= 15 is 0 Å². The van der Waals surface area contributed by atoms with Crippen molar-refractivity contribution in [2.75, 3.05) is 0 Å². The van der Waals surface area contributed by atoms with Gasteiger partial charge in [-0.2, -0.15) is 4.73 Å². The van der Waals surface area contributed by atoms with E-state index in [9.17, 15) is 5.21 Å². The van der Waals surface area contributed by atoms with Gasteiger partial charge in [-0.15, -0.1) is 0 Å². The third-order valence-corrected chi connectivity index (χ3v) is 1.21.